The van der Waals surface area contributed by atoms with E-state index in [1.807, 2.05) is 48.5 Å². The number of benzene rings is 2. The van der Waals surface area contributed by atoms with Gasteiger partial charge in [0.1, 0.15) is 0 Å². The van der Waals surface area contributed by atoms with Gasteiger partial charge in [-0.15, -0.1) is 11.8 Å². The van der Waals surface area contributed by atoms with E-state index in [0.29, 0.717) is 5.75 Å². The topological polar surface area (TPSA) is 49.3 Å². The molecule has 0 aromatic heterocycles. The summed E-state index contributed by atoms with van der Waals surface area (Å²) in [5, 5.41) is 11.8. The number of halogens is 1. The lowest BCUT2D eigenvalue weighted by Crippen LogP contribution is -2.14. The van der Waals surface area contributed by atoms with Crippen LogP contribution in [0.2, 0.25) is 0 Å². The second-order valence-corrected chi connectivity index (χ2v) is 6.02. The Morgan fingerprint density at radius 1 is 1.15 bits per heavy atom. The number of rotatable bonds is 5. The zero-order valence-electron chi connectivity index (χ0n) is 10.7. The summed E-state index contributed by atoms with van der Waals surface area (Å²) in [4.78, 5) is 12.9. The number of para-hydroxylation sites is 1. The molecule has 0 aliphatic carbocycles. The zero-order chi connectivity index (χ0) is 14.4. The van der Waals surface area contributed by atoms with E-state index in [1.54, 1.807) is 0 Å². The standard InChI is InChI=1S/C15H14BrNO2S/c16-13-3-1-2-4-14(13)17-15(19)10-20-12-7-5-11(9-18)6-8-12/h1-8,18H,9-10H2,(H,17,19). The van der Waals surface area contributed by atoms with Crippen molar-refractivity contribution in [1.29, 1.82) is 0 Å². The molecule has 0 spiro atoms. The van der Waals surface area contributed by atoms with Crippen LogP contribution in [-0.2, 0) is 11.4 Å². The first kappa shape index (κ1) is 15.1. The first-order valence-corrected chi connectivity index (χ1v) is 7.84. The van der Waals surface area contributed by atoms with Gasteiger partial charge in [0.2, 0.25) is 5.91 Å². The molecule has 1 amide bonds. The minimum absolute atomic E-state index is 0.0352. The van der Waals surface area contributed by atoms with Crippen molar-refractivity contribution in [3.05, 3.63) is 58.6 Å². The van der Waals surface area contributed by atoms with Crippen LogP contribution in [0.25, 0.3) is 0 Å². The number of carbonyl (C=O) groups excluding carboxylic acids is 1. The van der Waals surface area contributed by atoms with Crippen molar-refractivity contribution in [2.45, 2.75) is 11.5 Å². The Labute approximate surface area is 130 Å². The van der Waals surface area contributed by atoms with Crippen molar-refractivity contribution in [3.8, 4) is 0 Å². The van der Waals surface area contributed by atoms with E-state index in [-0.39, 0.29) is 12.5 Å². The summed E-state index contributed by atoms with van der Waals surface area (Å²) in [5.41, 5.74) is 1.64. The molecular formula is C15H14BrNO2S. The first-order valence-electron chi connectivity index (χ1n) is 6.06. The van der Waals surface area contributed by atoms with Crippen LogP contribution in [0.1, 0.15) is 5.56 Å². The molecule has 2 aromatic carbocycles. The summed E-state index contributed by atoms with van der Waals surface area (Å²) in [6, 6.07) is 15.0. The van der Waals surface area contributed by atoms with Crippen LogP contribution in [0.5, 0.6) is 0 Å². The molecule has 0 saturated carbocycles. The Morgan fingerprint density at radius 2 is 1.85 bits per heavy atom. The molecular weight excluding hydrogens is 338 g/mol. The maximum absolute atomic E-state index is 11.9. The van der Waals surface area contributed by atoms with Gasteiger partial charge in [-0.05, 0) is 45.8 Å². The van der Waals surface area contributed by atoms with Crippen molar-refractivity contribution in [2.24, 2.45) is 0 Å². The molecule has 5 heteroatoms. The van der Waals surface area contributed by atoms with Gasteiger partial charge in [0.25, 0.3) is 0 Å². The van der Waals surface area contributed by atoms with E-state index in [0.717, 1.165) is 20.6 Å². The van der Waals surface area contributed by atoms with Gasteiger partial charge in [0.05, 0.1) is 18.0 Å². The Hall–Kier alpha value is -1.30. The lowest BCUT2D eigenvalue weighted by Gasteiger charge is -2.07. The molecule has 0 atom stereocenters. The number of amides is 1. The number of carbonyl (C=O) groups is 1. The number of hydrogen-bond acceptors (Lipinski definition) is 3. The van der Waals surface area contributed by atoms with Crippen LogP contribution in [0.3, 0.4) is 0 Å². The average Bonchev–Trinajstić information content (AvgIpc) is 2.48. The van der Waals surface area contributed by atoms with E-state index < -0.39 is 0 Å². The molecule has 3 nitrogen and oxygen atoms in total. The molecule has 0 saturated heterocycles. The van der Waals surface area contributed by atoms with Crippen LogP contribution >= 0.6 is 27.7 Å². The number of aliphatic hydroxyl groups is 1. The number of anilines is 1. The SMILES string of the molecule is O=C(CSc1ccc(CO)cc1)Nc1ccccc1Br. The maximum Gasteiger partial charge on any atom is 0.234 e. The normalized spacial score (nSPS) is 10.3. The molecule has 0 aliphatic rings. The molecule has 0 radical (unpaired) electrons. The molecule has 0 fully saturated rings. The Morgan fingerprint density at radius 3 is 2.50 bits per heavy atom. The van der Waals surface area contributed by atoms with Gasteiger partial charge in [0, 0.05) is 9.37 Å². The van der Waals surface area contributed by atoms with E-state index in [2.05, 4.69) is 21.2 Å². The number of hydrogen-bond donors (Lipinski definition) is 2. The largest absolute Gasteiger partial charge is 0.392 e. The van der Waals surface area contributed by atoms with Gasteiger partial charge < -0.3 is 10.4 Å². The van der Waals surface area contributed by atoms with Gasteiger partial charge >= 0.3 is 0 Å². The predicted octanol–water partition coefficient (Wildman–Crippen LogP) is 3.67. The van der Waals surface area contributed by atoms with E-state index in [9.17, 15) is 4.79 Å². The fraction of sp³-hybridized carbons (Fsp3) is 0.133. The monoisotopic (exact) mass is 351 g/mol. The third-order valence-electron chi connectivity index (χ3n) is 2.62. The second-order valence-electron chi connectivity index (χ2n) is 4.12. The quantitative estimate of drug-likeness (QED) is 0.808. The summed E-state index contributed by atoms with van der Waals surface area (Å²) in [5.74, 6) is 0.299. The van der Waals surface area contributed by atoms with Gasteiger partial charge in [-0.2, -0.15) is 0 Å². The summed E-state index contributed by atoms with van der Waals surface area (Å²) >= 11 is 4.86. The summed E-state index contributed by atoms with van der Waals surface area (Å²) in [6.07, 6.45) is 0. The van der Waals surface area contributed by atoms with Crippen molar-refractivity contribution in [2.75, 3.05) is 11.1 Å². The Bertz CT molecular complexity index is 587. The number of thioether (sulfide) groups is 1. The van der Waals surface area contributed by atoms with Crippen LogP contribution in [-0.4, -0.2) is 16.8 Å². The molecule has 20 heavy (non-hydrogen) atoms. The first-order chi connectivity index (χ1) is 9.69. The van der Waals surface area contributed by atoms with Crippen molar-refractivity contribution in [1.82, 2.24) is 0 Å². The highest BCUT2D eigenvalue weighted by molar-refractivity contribution is 9.10. The minimum Gasteiger partial charge on any atom is -0.392 e. The smallest absolute Gasteiger partial charge is 0.234 e. The molecule has 0 bridgehead atoms. The fourth-order valence-electron chi connectivity index (χ4n) is 1.59. The Kier molecular flexibility index (Phi) is 5.64. The molecule has 104 valence electrons. The lowest BCUT2D eigenvalue weighted by molar-refractivity contribution is -0.113. The molecule has 2 N–H and O–H groups in total. The van der Waals surface area contributed by atoms with E-state index >= 15 is 0 Å². The van der Waals surface area contributed by atoms with Gasteiger partial charge in [-0.3, -0.25) is 4.79 Å². The van der Waals surface area contributed by atoms with Crippen LogP contribution in [0, 0.1) is 0 Å². The molecule has 2 aromatic rings. The van der Waals surface area contributed by atoms with Crippen LogP contribution < -0.4 is 5.32 Å². The summed E-state index contributed by atoms with van der Waals surface area (Å²) < 4.78 is 0.866. The minimum atomic E-state index is -0.0480. The molecule has 2 rings (SSSR count). The van der Waals surface area contributed by atoms with Crippen molar-refractivity contribution in [3.63, 3.8) is 0 Å². The number of aliphatic hydroxyl groups excluding tert-OH is 1. The van der Waals surface area contributed by atoms with Gasteiger partial charge in [0.15, 0.2) is 0 Å². The number of nitrogens with one attached hydrogen (secondary N) is 1. The van der Waals surface area contributed by atoms with Crippen molar-refractivity contribution < 1.29 is 9.90 Å². The highest BCUT2D eigenvalue weighted by Crippen LogP contribution is 2.23. The highest BCUT2D eigenvalue weighted by Gasteiger charge is 2.05. The molecule has 0 heterocycles. The maximum atomic E-state index is 11.9. The predicted molar refractivity (Wildman–Crippen MR) is 85.9 cm³/mol. The lowest BCUT2D eigenvalue weighted by atomic mass is 10.2. The zero-order valence-corrected chi connectivity index (χ0v) is 13.1. The Balaban J connectivity index is 1.87. The van der Waals surface area contributed by atoms with Crippen LogP contribution in [0.15, 0.2) is 57.9 Å². The van der Waals surface area contributed by atoms with Crippen molar-refractivity contribution >= 4 is 39.3 Å². The average molecular weight is 352 g/mol. The van der Waals surface area contributed by atoms with Gasteiger partial charge in [-0.1, -0.05) is 24.3 Å². The summed E-state index contributed by atoms with van der Waals surface area (Å²) in [7, 11) is 0. The summed E-state index contributed by atoms with van der Waals surface area (Å²) in [6.45, 7) is 0.0352. The molecule has 0 aliphatic heterocycles. The molecule has 0 unspecified atom stereocenters. The van der Waals surface area contributed by atoms with E-state index in [4.69, 9.17) is 5.11 Å². The second kappa shape index (κ2) is 7.47. The van der Waals surface area contributed by atoms with Gasteiger partial charge in [-0.25, -0.2) is 0 Å². The third-order valence-corrected chi connectivity index (χ3v) is 4.33. The third kappa shape index (κ3) is 4.37. The van der Waals surface area contributed by atoms with E-state index in [1.165, 1.54) is 11.8 Å². The fourth-order valence-corrected chi connectivity index (χ4v) is 2.67. The van der Waals surface area contributed by atoms with Crippen LogP contribution in [0.4, 0.5) is 5.69 Å². The highest BCUT2D eigenvalue weighted by atomic mass is 79.9.